The Bertz CT molecular complexity index is 1720. The topological polar surface area (TPSA) is 148 Å². The van der Waals surface area contributed by atoms with Crippen molar-refractivity contribution in [2.24, 2.45) is 10.7 Å². The molecule has 6 rings (SSSR count). The zero-order chi connectivity index (χ0) is 27.1. The molecular weight excluding hydrogens is 508 g/mol. The van der Waals surface area contributed by atoms with Gasteiger partial charge < -0.3 is 20.5 Å². The maximum atomic E-state index is 15.4. The van der Waals surface area contributed by atoms with Crippen molar-refractivity contribution in [3.05, 3.63) is 95.2 Å². The molecular formula is C27H17F2N7O3. The van der Waals surface area contributed by atoms with Crippen LogP contribution in [-0.4, -0.2) is 33.4 Å². The van der Waals surface area contributed by atoms with E-state index in [1.807, 2.05) is 6.07 Å². The molecule has 1 amide bonds. The number of rotatable bonds is 3. The first-order chi connectivity index (χ1) is 18.9. The molecule has 39 heavy (non-hydrogen) atoms. The number of carbonyl (C=O) groups is 1. The number of nitrogens with one attached hydrogen (secondary N) is 1. The van der Waals surface area contributed by atoms with E-state index in [2.05, 4.69) is 25.3 Å². The molecule has 0 saturated carbocycles. The average molecular weight is 525 g/mol. The van der Waals surface area contributed by atoms with Gasteiger partial charge in [-0.25, -0.2) is 19.9 Å². The normalized spacial score (nSPS) is 17.1. The zero-order valence-corrected chi connectivity index (χ0v) is 20.0. The highest BCUT2D eigenvalue weighted by atomic mass is 19.1. The molecule has 1 atom stereocenters. The summed E-state index contributed by atoms with van der Waals surface area (Å²) in [5.41, 5.74) is 6.66. The van der Waals surface area contributed by atoms with Crippen LogP contribution in [0.2, 0.25) is 0 Å². The number of ether oxygens (including phenoxy) is 2. The number of halogens is 2. The van der Waals surface area contributed by atoms with E-state index in [0.29, 0.717) is 22.4 Å². The Labute approximate surface area is 219 Å². The Hall–Kier alpha value is -5.44. The summed E-state index contributed by atoms with van der Waals surface area (Å²) in [5, 5.41) is 11.7. The second kappa shape index (κ2) is 9.14. The van der Waals surface area contributed by atoms with E-state index in [-0.39, 0.29) is 47.4 Å². The highest BCUT2D eigenvalue weighted by Crippen LogP contribution is 2.53. The van der Waals surface area contributed by atoms with Gasteiger partial charge in [0.2, 0.25) is 5.95 Å². The molecule has 0 bridgehead atoms. The van der Waals surface area contributed by atoms with Gasteiger partial charge in [0, 0.05) is 53.8 Å². The lowest BCUT2D eigenvalue weighted by atomic mass is 9.79. The van der Waals surface area contributed by atoms with Gasteiger partial charge in [-0.3, -0.25) is 4.79 Å². The van der Waals surface area contributed by atoms with Crippen LogP contribution in [0.5, 0.6) is 11.5 Å². The Balaban J connectivity index is 1.45. The van der Waals surface area contributed by atoms with Crippen molar-refractivity contribution in [1.82, 2.24) is 15.0 Å². The van der Waals surface area contributed by atoms with Crippen LogP contribution in [0.15, 0.2) is 65.9 Å². The maximum Gasteiger partial charge on any atom is 0.283 e. The molecule has 12 heteroatoms. The molecule has 4 aromatic rings. The fourth-order valence-corrected chi connectivity index (χ4v) is 4.63. The molecule has 1 spiro atoms. The van der Waals surface area contributed by atoms with Crippen LogP contribution in [0, 0.1) is 23.2 Å². The summed E-state index contributed by atoms with van der Waals surface area (Å²) in [6.45, 7) is 0.264. The predicted molar refractivity (Wildman–Crippen MR) is 134 cm³/mol. The number of hydrogen-bond acceptors (Lipinski definition) is 9. The molecule has 2 aliphatic rings. The summed E-state index contributed by atoms with van der Waals surface area (Å²) < 4.78 is 41.3. The predicted octanol–water partition coefficient (Wildman–Crippen LogP) is 4.03. The fraction of sp³-hybridized carbons (Fsp3) is 0.111. The summed E-state index contributed by atoms with van der Waals surface area (Å²) in [6, 6.07) is 13.8. The minimum absolute atomic E-state index is 0.106. The second-order valence-electron chi connectivity index (χ2n) is 8.75. The summed E-state index contributed by atoms with van der Waals surface area (Å²) in [6.07, 6.45) is 2.82. The molecule has 5 heterocycles. The minimum Gasteiger partial charge on any atom is -0.452 e. The number of anilines is 1. The highest BCUT2D eigenvalue weighted by molar-refractivity contribution is 6.03. The largest absolute Gasteiger partial charge is 0.452 e. The molecule has 3 N–H and O–H groups in total. The SMILES string of the molecule is N#Cc1ccc(C(=O)Nc2ccc3c(c2)[C@@]2(CCN=C(N)O2)c2cc(-c4ccnc(F)c4)nc(F)c2O3)nc1. The summed E-state index contributed by atoms with van der Waals surface area (Å²) in [5.74, 6) is -2.05. The number of carbonyl (C=O) groups excluding carboxylic acids is 1. The van der Waals surface area contributed by atoms with Crippen LogP contribution in [0.1, 0.15) is 33.6 Å². The molecule has 3 aromatic heterocycles. The van der Waals surface area contributed by atoms with Crippen molar-refractivity contribution in [3.63, 3.8) is 0 Å². The van der Waals surface area contributed by atoms with E-state index in [4.69, 9.17) is 20.5 Å². The van der Waals surface area contributed by atoms with Gasteiger partial charge in [0.1, 0.15) is 17.5 Å². The molecule has 0 aliphatic carbocycles. The lowest BCUT2D eigenvalue weighted by Gasteiger charge is -2.41. The van der Waals surface area contributed by atoms with Crippen molar-refractivity contribution in [1.29, 1.82) is 5.26 Å². The first-order valence-electron chi connectivity index (χ1n) is 11.7. The van der Waals surface area contributed by atoms with Gasteiger partial charge in [-0.15, -0.1) is 0 Å². The lowest BCUT2D eigenvalue weighted by molar-refractivity contribution is 0.0624. The van der Waals surface area contributed by atoms with E-state index < -0.39 is 23.4 Å². The second-order valence-corrected chi connectivity index (χ2v) is 8.75. The van der Waals surface area contributed by atoms with Crippen molar-refractivity contribution in [3.8, 4) is 28.8 Å². The molecule has 0 saturated heterocycles. The number of hydrogen-bond donors (Lipinski definition) is 2. The highest BCUT2D eigenvalue weighted by Gasteiger charge is 2.48. The molecule has 192 valence electrons. The first kappa shape index (κ1) is 23.9. The van der Waals surface area contributed by atoms with Crippen LogP contribution in [0.25, 0.3) is 11.3 Å². The van der Waals surface area contributed by atoms with Crippen molar-refractivity contribution in [2.45, 2.75) is 12.0 Å². The minimum atomic E-state index is -1.34. The average Bonchev–Trinajstić information content (AvgIpc) is 2.94. The molecule has 1 aromatic carbocycles. The van der Waals surface area contributed by atoms with Crippen LogP contribution in [0.3, 0.4) is 0 Å². The third-order valence-corrected chi connectivity index (χ3v) is 6.41. The number of nitrogens with two attached hydrogens (primary N) is 1. The van der Waals surface area contributed by atoms with Crippen molar-refractivity contribution < 1.29 is 23.0 Å². The smallest absolute Gasteiger partial charge is 0.283 e. The maximum absolute atomic E-state index is 15.4. The van der Waals surface area contributed by atoms with Gasteiger partial charge >= 0.3 is 0 Å². The van der Waals surface area contributed by atoms with Crippen molar-refractivity contribution >= 4 is 17.6 Å². The Kier molecular flexibility index (Phi) is 5.61. The number of nitrogens with zero attached hydrogens (tertiary/aromatic N) is 5. The van der Waals surface area contributed by atoms with Gasteiger partial charge in [-0.2, -0.15) is 14.0 Å². The standard InChI is InChI=1S/C27H17F2N7O3/c28-22-9-15(5-7-32-22)20-11-18-23(24(29)36-20)38-21-4-2-16(10-17(21)27(18)6-8-33-26(31)39-27)35-25(37)19-3-1-14(12-30)13-34-19/h1-5,7,9-11,13H,6,8H2,(H2,31,33)(H,35,37)/t27-/m0/s1. The lowest BCUT2D eigenvalue weighted by Crippen LogP contribution is -2.42. The Morgan fingerprint density at radius 3 is 2.72 bits per heavy atom. The van der Waals surface area contributed by atoms with Gasteiger partial charge in [0.05, 0.1) is 11.3 Å². The van der Waals surface area contributed by atoms with Gasteiger partial charge in [0.25, 0.3) is 17.9 Å². The molecule has 0 radical (unpaired) electrons. The molecule has 2 aliphatic heterocycles. The number of amidine groups is 1. The quantitative estimate of drug-likeness (QED) is 0.381. The van der Waals surface area contributed by atoms with Gasteiger partial charge in [-0.1, -0.05) is 0 Å². The number of aromatic nitrogens is 3. The number of nitriles is 1. The van der Waals surface area contributed by atoms with Crippen LogP contribution in [-0.2, 0) is 10.3 Å². The van der Waals surface area contributed by atoms with E-state index in [1.165, 1.54) is 30.6 Å². The van der Waals surface area contributed by atoms with Gasteiger partial charge in [-0.05, 0) is 42.5 Å². The molecule has 0 unspecified atom stereocenters. The zero-order valence-electron chi connectivity index (χ0n) is 20.0. The number of pyridine rings is 3. The summed E-state index contributed by atoms with van der Waals surface area (Å²) in [4.78, 5) is 28.5. The Morgan fingerprint density at radius 1 is 1.10 bits per heavy atom. The van der Waals surface area contributed by atoms with Crippen LogP contribution >= 0.6 is 0 Å². The summed E-state index contributed by atoms with van der Waals surface area (Å²) >= 11 is 0. The number of benzene rings is 1. The van der Waals surface area contributed by atoms with E-state index in [1.54, 1.807) is 24.3 Å². The monoisotopic (exact) mass is 525 g/mol. The number of fused-ring (bicyclic) bond motifs is 4. The third-order valence-electron chi connectivity index (χ3n) is 6.41. The van der Waals surface area contributed by atoms with E-state index >= 15 is 4.39 Å². The molecule has 0 fully saturated rings. The van der Waals surface area contributed by atoms with Crippen LogP contribution < -0.4 is 15.8 Å². The van der Waals surface area contributed by atoms with Crippen LogP contribution in [0.4, 0.5) is 14.5 Å². The number of aliphatic imine (C=N–C) groups is 1. The number of amides is 1. The molecule has 10 nitrogen and oxygen atoms in total. The fourth-order valence-electron chi connectivity index (χ4n) is 4.63. The third kappa shape index (κ3) is 4.15. The van der Waals surface area contributed by atoms with Crippen molar-refractivity contribution in [2.75, 3.05) is 11.9 Å². The van der Waals surface area contributed by atoms with Gasteiger partial charge in [0.15, 0.2) is 11.4 Å². The van der Waals surface area contributed by atoms with E-state index in [9.17, 15) is 9.18 Å². The Morgan fingerprint density at radius 2 is 1.97 bits per heavy atom. The van der Waals surface area contributed by atoms with E-state index in [0.717, 1.165) is 6.07 Å². The first-order valence-corrected chi connectivity index (χ1v) is 11.7. The summed E-state index contributed by atoms with van der Waals surface area (Å²) in [7, 11) is 0.